The number of carbonyl (C=O) groups is 1. The minimum atomic E-state index is -0.0447. The zero-order valence-corrected chi connectivity index (χ0v) is 11.5. The maximum Gasteiger partial charge on any atom is 0.231 e. The zero-order valence-electron chi connectivity index (χ0n) is 11.5. The van der Waals surface area contributed by atoms with Crippen LogP contribution in [0.15, 0.2) is 4.52 Å². The van der Waals surface area contributed by atoms with E-state index in [9.17, 15) is 9.90 Å². The van der Waals surface area contributed by atoms with E-state index in [1.54, 1.807) is 11.8 Å². The topological polar surface area (TPSA) is 79.5 Å². The number of unbranched alkanes of at least 4 members (excludes halogenated alkanes) is 1. The van der Waals surface area contributed by atoms with Crippen LogP contribution in [0.25, 0.3) is 0 Å². The Hall–Kier alpha value is -1.43. The van der Waals surface area contributed by atoms with Crippen LogP contribution in [0.1, 0.15) is 43.8 Å². The molecule has 106 valence electrons. The number of aryl methyl sites for hydroxylation is 1. The Balaban J connectivity index is 2.03. The van der Waals surface area contributed by atoms with Crippen molar-refractivity contribution >= 4 is 5.91 Å². The van der Waals surface area contributed by atoms with Crippen LogP contribution in [0.4, 0.5) is 0 Å². The molecule has 0 spiro atoms. The Morgan fingerprint density at radius 3 is 2.89 bits per heavy atom. The van der Waals surface area contributed by atoms with Crippen LogP contribution < -0.4 is 0 Å². The van der Waals surface area contributed by atoms with Gasteiger partial charge in [-0.05, 0) is 13.3 Å². The highest BCUT2D eigenvalue weighted by Gasteiger charge is 2.38. The van der Waals surface area contributed by atoms with Crippen molar-refractivity contribution in [3.05, 3.63) is 11.7 Å². The molecule has 1 aliphatic heterocycles. The monoisotopic (exact) mass is 267 g/mol. The average Bonchev–Trinajstić information content (AvgIpc) is 3.01. The molecular formula is C13H21N3O3. The maximum atomic E-state index is 12.0. The molecule has 0 aliphatic carbocycles. The predicted octanol–water partition coefficient (Wildman–Crippen LogP) is 1.10. The molecule has 2 atom stereocenters. The zero-order chi connectivity index (χ0) is 13.8. The lowest BCUT2D eigenvalue weighted by Gasteiger charge is -2.15. The van der Waals surface area contributed by atoms with Gasteiger partial charge in [-0.1, -0.05) is 18.5 Å². The highest BCUT2D eigenvalue weighted by atomic mass is 16.5. The number of carbonyl (C=O) groups excluding carboxylic acids is 1. The van der Waals surface area contributed by atoms with E-state index in [4.69, 9.17) is 4.52 Å². The van der Waals surface area contributed by atoms with Crippen LogP contribution in [0.5, 0.6) is 0 Å². The van der Waals surface area contributed by atoms with Crippen molar-refractivity contribution in [2.24, 2.45) is 5.92 Å². The number of nitrogens with zero attached hydrogens (tertiary/aromatic N) is 3. The Kier molecular flexibility index (Phi) is 4.52. The number of hydrogen-bond acceptors (Lipinski definition) is 5. The SMILES string of the molecule is CCCCC(=O)N1C[C@@H](CO)[C@H](c2nc(C)no2)C1. The smallest absolute Gasteiger partial charge is 0.231 e. The van der Waals surface area contributed by atoms with Gasteiger partial charge in [0.25, 0.3) is 0 Å². The van der Waals surface area contributed by atoms with Crippen molar-refractivity contribution < 1.29 is 14.4 Å². The molecular weight excluding hydrogens is 246 g/mol. The Morgan fingerprint density at radius 1 is 1.53 bits per heavy atom. The summed E-state index contributed by atoms with van der Waals surface area (Å²) >= 11 is 0. The molecule has 1 saturated heterocycles. The maximum absolute atomic E-state index is 12.0. The third kappa shape index (κ3) is 3.12. The fourth-order valence-electron chi connectivity index (χ4n) is 2.49. The van der Waals surface area contributed by atoms with Crippen molar-refractivity contribution in [3.63, 3.8) is 0 Å². The molecule has 0 bridgehead atoms. The molecule has 1 N–H and O–H groups in total. The Bertz CT molecular complexity index is 433. The van der Waals surface area contributed by atoms with E-state index in [2.05, 4.69) is 17.1 Å². The summed E-state index contributed by atoms with van der Waals surface area (Å²) in [6, 6.07) is 0. The van der Waals surface area contributed by atoms with Gasteiger partial charge in [0.1, 0.15) is 0 Å². The first-order valence-corrected chi connectivity index (χ1v) is 6.84. The van der Waals surface area contributed by atoms with Crippen LogP contribution in [0, 0.1) is 12.8 Å². The van der Waals surface area contributed by atoms with Crippen LogP contribution >= 0.6 is 0 Å². The molecule has 1 fully saturated rings. The van der Waals surface area contributed by atoms with Crippen molar-refractivity contribution in [3.8, 4) is 0 Å². The molecule has 6 nitrogen and oxygen atoms in total. The van der Waals surface area contributed by atoms with E-state index in [-0.39, 0.29) is 24.3 Å². The number of aliphatic hydroxyl groups excluding tert-OH is 1. The number of likely N-dealkylation sites (tertiary alicyclic amines) is 1. The van der Waals surface area contributed by atoms with Crippen molar-refractivity contribution in [2.45, 2.75) is 39.0 Å². The highest BCUT2D eigenvalue weighted by molar-refractivity contribution is 5.76. The van der Waals surface area contributed by atoms with Gasteiger partial charge in [-0.15, -0.1) is 0 Å². The Labute approximate surface area is 112 Å². The second kappa shape index (κ2) is 6.14. The van der Waals surface area contributed by atoms with Crippen molar-refractivity contribution in [2.75, 3.05) is 19.7 Å². The van der Waals surface area contributed by atoms with Crippen LogP contribution in [0.3, 0.4) is 0 Å². The molecule has 1 amide bonds. The van der Waals surface area contributed by atoms with Gasteiger partial charge in [0.2, 0.25) is 11.8 Å². The summed E-state index contributed by atoms with van der Waals surface area (Å²) in [6.07, 6.45) is 2.49. The third-order valence-electron chi connectivity index (χ3n) is 3.63. The summed E-state index contributed by atoms with van der Waals surface area (Å²) in [5.41, 5.74) is 0. The summed E-state index contributed by atoms with van der Waals surface area (Å²) in [5, 5.41) is 13.2. The average molecular weight is 267 g/mol. The Morgan fingerprint density at radius 2 is 2.32 bits per heavy atom. The van der Waals surface area contributed by atoms with Gasteiger partial charge in [-0.25, -0.2) is 0 Å². The molecule has 2 rings (SSSR count). The number of amides is 1. The quantitative estimate of drug-likeness (QED) is 0.864. The lowest BCUT2D eigenvalue weighted by atomic mass is 9.97. The standard InChI is InChI=1S/C13H21N3O3/c1-3-4-5-12(18)16-6-10(8-17)11(7-16)13-14-9(2)15-19-13/h10-11,17H,3-8H2,1-2H3/t10-,11+/m0/s1. The highest BCUT2D eigenvalue weighted by Crippen LogP contribution is 2.31. The molecule has 1 aliphatic rings. The predicted molar refractivity (Wildman–Crippen MR) is 68.5 cm³/mol. The van der Waals surface area contributed by atoms with Gasteiger partial charge in [-0.3, -0.25) is 4.79 Å². The van der Waals surface area contributed by atoms with Crippen molar-refractivity contribution in [1.82, 2.24) is 15.0 Å². The second-order valence-corrected chi connectivity index (χ2v) is 5.13. The van der Waals surface area contributed by atoms with Gasteiger partial charge in [-0.2, -0.15) is 4.98 Å². The second-order valence-electron chi connectivity index (χ2n) is 5.13. The fraction of sp³-hybridized carbons (Fsp3) is 0.769. The lowest BCUT2D eigenvalue weighted by molar-refractivity contribution is -0.130. The van der Waals surface area contributed by atoms with Gasteiger partial charge in [0, 0.05) is 32.0 Å². The molecule has 19 heavy (non-hydrogen) atoms. The van der Waals surface area contributed by atoms with Gasteiger partial charge in [0.15, 0.2) is 5.82 Å². The van der Waals surface area contributed by atoms with Gasteiger partial charge >= 0.3 is 0 Å². The first kappa shape index (κ1) is 14.0. The lowest BCUT2D eigenvalue weighted by Crippen LogP contribution is -2.28. The molecule has 6 heteroatoms. The van der Waals surface area contributed by atoms with E-state index in [0.717, 1.165) is 12.8 Å². The van der Waals surface area contributed by atoms with E-state index in [0.29, 0.717) is 31.2 Å². The number of aromatic nitrogens is 2. The summed E-state index contributed by atoms with van der Waals surface area (Å²) in [6.45, 7) is 5.00. The van der Waals surface area contributed by atoms with Crippen LogP contribution in [0.2, 0.25) is 0 Å². The van der Waals surface area contributed by atoms with Crippen LogP contribution in [-0.4, -0.2) is 45.8 Å². The first-order chi connectivity index (χ1) is 9.15. The molecule has 2 heterocycles. The summed E-state index contributed by atoms with van der Waals surface area (Å²) < 4.78 is 5.18. The fourth-order valence-corrected chi connectivity index (χ4v) is 2.49. The first-order valence-electron chi connectivity index (χ1n) is 6.84. The van der Waals surface area contributed by atoms with E-state index >= 15 is 0 Å². The van der Waals surface area contributed by atoms with E-state index in [1.165, 1.54) is 0 Å². The van der Waals surface area contributed by atoms with Crippen LogP contribution in [-0.2, 0) is 4.79 Å². The minimum Gasteiger partial charge on any atom is -0.396 e. The van der Waals surface area contributed by atoms with Crippen molar-refractivity contribution in [1.29, 1.82) is 0 Å². The molecule has 0 unspecified atom stereocenters. The number of hydrogen-bond donors (Lipinski definition) is 1. The molecule has 0 saturated carbocycles. The molecule has 1 aromatic heterocycles. The summed E-state index contributed by atoms with van der Waals surface area (Å²) in [7, 11) is 0. The largest absolute Gasteiger partial charge is 0.396 e. The van der Waals surface area contributed by atoms with E-state index in [1.807, 2.05) is 0 Å². The number of rotatable bonds is 5. The normalized spacial score (nSPS) is 23.0. The van der Waals surface area contributed by atoms with Gasteiger partial charge < -0.3 is 14.5 Å². The third-order valence-corrected chi connectivity index (χ3v) is 3.63. The van der Waals surface area contributed by atoms with E-state index < -0.39 is 0 Å². The van der Waals surface area contributed by atoms with Gasteiger partial charge in [0.05, 0.1) is 5.92 Å². The molecule has 1 aromatic rings. The summed E-state index contributed by atoms with van der Waals surface area (Å²) in [4.78, 5) is 18.1. The number of aliphatic hydroxyl groups is 1. The minimum absolute atomic E-state index is 0.00886. The summed E-state index contributed by atoms with van der Waals surface area (Å²) in [5.74, 6) is 1.21. The molecule has 0 radical (unpaired) electrons. The molecule has 0 aromatic carbocycles.